The lowest BCUT2D eigenvalue weighted by Gasteiger charge is -2.18. The fourth-order valence-corrected chi connectivity index (χ4v) is 2.48. The van der Waals surface area contributed by atoms with E-state index in [4.69, 9.17) is 0 Å². The van der Waals surface area contributed by atoms with Crippen molar-refractivity contribution in [1.82, 2.24) is 0 Å². The molecule has 0 aliphatic heterocycles. The normalized spacial score (nSPS) is 15.3. The quantitative estimate of drug-likeness (QED) is 0.558. The maximum atomic E-state index is 11.5. The lowest BCUT2D eigenvalue weighted by molar-refractivity contribution is -0.0446. The summed E-state index contributed by atoms with van der Waals surface area (Å²) < 4.78 is 109. The van der Waals surface area contributed by atoms with Gasteiger partial charge in [-0.05, 0) is 0 Å². The van der Waals surface area contributed by atoms with Crippen LogP contribution in [0.1, 0.15) is 0 Å². The van der Waals surface area contributed by atoms with Crippen molar-refractivity contribution < 1.29 is 43.2 Å². The molecule has 4 nitrogen and oxygen atoms in total. The molecule has 0 amide bonds. The maximum absolute atomic E-state index is 11.5. The van der Waals surface area contributed by atoms with Crippen LogP contribution in [-0.2, 0) is 19.7 Å². The Hall–Kier alpha value is -0.520. The summed E-state index contributed by atoms with van der Waals surface area (Å²) in [6.07, 6.45) is 0. The van der Waals surface area contributed by atoms with E-state index >= 15 is 0 Å². The number of hydrogen-bond donors (Lipinski definition) is 0. The molecule has 0 aromatic rings. The molecule has 0 saturated carbocycles. The van der Waals surface area contributed by atoms with Gasteiger partial charge in [-0.25, -0.2) is 0 Å². The monoisotopic (exact) mass is 279 g/mol. The summed E-state index contributed by atoms with van der Waals surface area (Å²) in [7, 11) is -12.9. The number of halogens is 6. The van der Waals surface area contributed by atoms with Gasteiger partial charge in [-0.1, -0.05) is 5.08 Å². The third-order valence-electron chi connectivity index (χ3n) is 0.899. The SMILES string of the molecule is O=S(=O)([CH-]S(=O)(=O)C(F)(F)F)C(F)(F)F. The van der Waals surface area contributed by atoms with Crippen LogP contribution < -0.4 is 0 Å². The zero-order chi connectivity index (χ0) is 12.7. The molecule has 0 rings (SSSR count). The van der Waals surface area contributed by atoms with Crippen molar-refractivity contribution in [3.05, 3.63) is 5.08 Å². The molecule has 0 spiro atoms. The number of sulfone groups is 2. The summed E-state index contributed by atoms with van der Waals surface area (Å²) in [6, 6.07) is 0. The first kappa shape index (κ1) is 14.5. The van der Waals surface area contributed by atoms with Crippen LogP contribution in [0.4, 0.5) is 26.3 Å². The van der Waals surface area contributed by atoms with Crippen molar-refractivity contribution >= 4 is 19.7 Å². The van der Waals surface area contributed by atoms with Gasteiger partial charge in [0.2, 0.25) is 0 Å². The highest BCUT2D eigenvalue weighted by atomic mass is 32.3. The largest absolute Gasteiger partial charge is 0.469 e. The second-order valence-corrected chi connectivity index (χ2v) is 5.95. The highest BCUT2D eigenvalue weighted by Gasteiger charge is 2.47. The van der Waals surface area contributed by atoms with Crippen molar-refractivity contribution in [2.45, 2.75) is 11.0 Å². The molecular weight excluding hydrogens is 278 g/mol. The summed E-state index contributed by atoms with van der Waals surface area (Å²) in [6.45, 7) is 0. The molecule has 12 heteroatoms. The molecular formula is C3HF6O4S2-. The molecule has 0 fully saturated rings. The van der Waals surface area contributed by atoms with Crippen LogP contribution >= 0.6 is 0 Å². The Kier molecular flexibility index (Phi) is 3.38. The van der Waals surface area contributed by atoms with Crippen LogP contribution in [0.5, 0.6) is 0 Å². The molecule has 0 aromatic heterocycles. The first-order valence-corrected chi connectivity index (χ1v) is 5.77. The van der Waals surface area contributed by atoms with E-state index in [0.717, 1.165) is 0 Å². The topological polar surface area (TPSA) is 68.3 Å². The fraction of sp³-hybridized carbons (Fsp3) is 0.667. The standard InChI is InChI=1S/C3HF6O4S2/c4-2(5,6)14(10,11)1-15(12,13)3(7,8)9/h1H/q-1. The first-order chi connectivity index (χ1) is 6.21. The summed E-state index contributed by atoms with van der Waals surface area (Å²) in [5.74, 6) is 0. The molecule has 92 valence electrons. The maximum Gasteiger partial charge on any atom is 0.469 e. The molecule has 0 saturated heterocycles. The van der Waals surface area contributed by atoms with Crippen molar-refractivity contribution in [2.75, 3.05) is 0 Å². The predicted octanol–water partition coefficient (Wildman–Crippen LogP) is 0.975. The van der Waals surface area contributed by atoms with Crippen molar-refractivity contribution in [3.63, 3.8) is 0 Å². The Morgan fingerprint density at radius 3 is 1.00 bits per heavy atom. The molecule has 0 N–H and O–H groups in total. The van der Waals surface area contributed by atoms with Crippen LogP contribution in [0.3, 0.4) is 0 Å². The Morgan fingerprint density at radius 1 is 0.667 bits per heavy atom. The van der Waals surface area contributed by atoms with Crippen LogP contribution in [0, 0.1) is 5.08 Å². The van der Waals surface area contributed by atoms with Gasteiger partial charge in [0.25, 0.3) is 0 Å². The molecule has 0 radical (unpaired) electrons. The van der Waals surface area contributed by atoms with E-state index in [-0.39, 0.29) is 0 Å². The Balaban J connectivity index is 5.28. The first-order valence-electron chi connectivity index (χ1n) is 2.68. The minimum absolute atomic E-state index is 1.76. The molecule has 0 aliphatic carbocycles. The van der Waals surface area contributed by atoms with E-state index in [1.165, 1.54) is 0 Å². The van der Waals surface area contributed by atoms with Crippen molar-refractivity contribution in [2.24, 2.45) is 0 Å². The minimum atomic E-state index is -6.47. The molecule has 0 unspecified atom stereocenters. The van der Waals surface area contributed by atoms with Gasteiger partial charge >= 0.3 is 11.0 Å². The molecule has 0 bridgehead atoms. The lowest BCUT2D eigenvalue weighted by atomic mass is 11.5. The Morgan fingerprint density at radius 2 is 0.867 bits per heavy atom. The van der Waals surface area contributed by atoms with Gasteiger partial charge in [-0.15, -0.1) is 0 Å². The van der Waals surface area contributed by atoms with Crippen LogP contribution in [0.15, 0.2) is 0 Å². The summed E-state index contributed by atoms with van der Waals surface area (Å²) in [5.41, 5.74) is -12.2. The lowest BCUT2D eigenvalue weighted by Crippen LogP contribution is -2.32. The van der Waals surface area contributed by atoms with Crippen molar-refractivity contribution in [1.29, 1.82) is 0 Å². The van der Waals surface area contributed by atoms with Crippen molar-refractivity contribution in [3.8, 4) is 0 Å². The highest BCUT2D eigenvalue weighted by molar-refractivity contribution is 8.12. The smallest absolute Gasteiger partial charge is 0.253 e. The van der Waals surface area contributed by atoms with Gasteiger partial charge in [-0.2, -0.15) is 26.3 Å². The molecule has 0 atom stereocenters. The van der Waals surface area contributed by atoms with Crippen LogP contribution in [-0.4, -0.2) is 27.9 Å². The van der Waals surface area contributed by atoms with Gasteiger partial charge in [0.1, 0.15) is 19.7 Å². The van der Waals surface area contributed by atoms with Gasteiger partial charge in [0, 0.05) is 0 Å². The minimum Gasteiger partial charge on any atom is -0.253 e. The predicted molar refractivity (Wildman–Crippen MR) is 34.2 cm³/mol. The number of rotatable bonds is 2. The van der Waals surface area contributed by atoms with E-state index in [2.05, 4.69) is 0 Å². The average molecular weight is 279 g/mol. The fourth-order valence-electron chi connectivity index (χ4n) is 0.276. The second-order valence-electron chi connectivity index (χ2n) is 2.08. The average Bonchev–Trinajstić information content (AvgIpc) is 1.77. The van der Waals surface area contributed by atoms with E-state index < -0.39 is 35.8 Å². The molecule has 15 heavy (non-hydrogen) atoms. The third-order valence-corrected chi connectivity index (χ3v) is 4.22. The van der Waals surface area contributed by atoms with Gasteiger partial charge in [0.15, 0.2) is 0 Å². The van der Waals surface area contributed by atoms with E-state index in [0.29, 0.717) is 0 Å². The van der Waals surface area contributed by atoms with Gasteiger partial charge in [0.05, 0.1) is 0 Å². The highest BCUT2D eigenvalue weighted by Crippen LogP contribution is 2.33. The second kappa shape index (κ2) is 3.50. The van der Waals surface area contributed by atoms with E-state index in [1.54, 1.807) is 0 Å². The Bertz CT molecular complexity index is 382. The summed E-state index contributed by atoms with van der Waals surface area (Å²) in [4.78, 5) is 0. The summed E-state index contributed by atoms with van der Waals surface area (Å²) >= 11 is 0. The number of alkyl halides is 6. The zero-order valence-corrected chi connectivity index (χ0v) is 7.93. The van der Waals surface area contributed by atoms with Gasteiger partial charge in [-0.3, -0.25) is 16.8 Å². The molecule has 0 aromatic carbocycles. The van der Waals surface area contributed by atoms with E-state index in [1.807, 2.05) is 0 Å². The van der Waals surface area contributed by atoms with Crippen LogP contribution in [0.2, 0.25) is 0 Å². The summed E-state index contributed by atoms with van der Waals surface area (Å²) in [5, 5.41) is -1.76. The molecule has 0 heterocycles. The molecule has 0 aliphatic rings. The van der Waals surface area contributed by atoms with E-state index in [9.17, 15) is 43.2 Å². The Labute approximate surface area is 79.7 Å². The van der Waals surface area contributed by atoms with Gasteiger partial charge < -0.3 is 0 Å². The third kappa shape index (κ3) is 3.22. The number of hydrogen-bond acceptors (Lipinski definition) is 4. The van der Waals surface area contributed by atoms with Crippen LogP contribution in [0.25, 0.3) is 0 Å². The zero-order valence-electron chi connectivity index (χ0n) is 6.29.